The predicted octanol–water partition coefficient (Wildman–Crippen LogP) is 3.14. The summed E-state index contributed by atoms with van der Waals surface area (Å²) in [6.07, 6.45) is 0.596. The van der Waals surface area contributed by atoms with Gasteiger partial charge in [0.15, 0.2) is 5.17 Å². The Morgan fingerprint density at radius 3 is 2.62 bits per heavy atom. The Bertz CT molecular complexity index is 835. The molecule has 5 nitrogen and oxygen atoms in total. The Hall–Kier alpha value is -2.80. The van der Waals surface area contributed by atoms with Gasteiger partial charge < -0.3 is 10.1 Å². The van der Waals surface area contributed by atoms with Crippen molar-refractivity contribution in [1.29, 1.82) is 0 Å². The van der Waals surface area contributed by atoms with E-state index in [9.17, 15) is 9.18 Å². The first-order chi connectivity index (χ1) is 12.5. The zero-order chi connectivity index (χ0) is 18.5. The largest absolute Gasteiger partial charge is 0.497 e. The lowest BCUT2D eigenvalue weighted by Gasteiger charge is -2.07. The number of hydrogen-bond donors (Lipinski definition) is 2. The van der Waals surface area contributed by atoms with Gasteiger partial charge in [-0.2, -0.15) is 0 Å². The third-order valence-electron chi connectivity index (χ3n) is 3.84. The smallest absolute Gasteiger partial charge is 0.239 e. The molecule has 1 aliphatic heterocycles. The molecule has 1 saturated heterocycles. The standard InChI is InChI=1S/C19H18FN3O2S/c1-12(14-5-7-15(20)8-6-14)22-23-19-21-18(24)17(26-19)11-13-3-9-16(25-2)10-4-13/h3-10,17,22H,1,11H2,2H3,(H,21,23,24). The van der Waals surface area contributed by atoms with Gasteiger partial charge in [0.1, 0.15) is 11.6 Å². The fraction of sp³-hybridized carbons (Fsp3) is 0.158. The summed E-state index contributed by atoms with van der Waals surface area (Å²) in [5.74, 6) is 0.384. The van der Waals surface area contributed by atoms with Gasteiger partial charge in [-0.25, -0.2) is 4.39 Å². The number of nitrogens with zero attached hydrogens (tertiary/aromatic N) is 1. The molecular weight excluding hydrogens is 353 g/mol. The van der Waals surface area contributed by atoms with E-state index in [4.69, 9.17) is 4.74 Å². The van der Waals surface area contributed by atoms with Crippen LogP contribution in [0.1, 0.15) is 11.1 Å². The zero-order valence-electron chi connectivity index (χ0n) is 14.2. The molecule has 1 fully saturated rings. The lowest BCUT2D eigenvalue weighted by atomic mass is 10.1. The molecule has 0 spiro atoms. The van der Waals surface area contributed by atoms with E-state index in [-0.39, 0.29) is 17.0 Å². The van der Waals surface area contributed by atoms with Gasteiger partial charge in [0.25, 0.3) is 0 Å². The third kappa shape index (κ3) is 4.43. The number of carbonyl (C=O) groups excluding carboxylic acids is 1. The van der Waals surface area contributed by atoms with Gasteiger partial charge in [0.05, 0.1) is 18.1 Å². The molecule has 3 rings (SSSR count). The molecule has 1 aliphatic rings. The molecule has 134 valence electrons. The number of hydrogen-bond acceptors (Lipinski definition) is 5. The SMILES string of the molecule is C=C(N/N=C1\NC(=O)C(Cc2ccc(OC)cc2)S1)c1ccc(F)cc1. The lowest BCUT2D eigenvalue weighted by molar-refractivity contribution is -0.118. The Kier molecular flexibility index (Phi) is 5.58. The zero-order valence-corrected chi connectivity index (χ0v) is 15.0. The van der Waals surface area contributed by atoms with Gasteiger partial charge in [-0.3, -0.25) is 10.2 Å². The molecule has 0 saturated carbocycles. The number of methoxy groups -OCH3 is 1. The van der Waals surface area contributed by atoms with Crippen LogP contribution in [0.4, 0.5) is 4.39 Å². The van der Waals surface area contributed by atoms with Gasteiger partial charge in [0, 0.05) is 0 Å². The first-order valence-corrected chi connectivity index (χ1v) is 8.82. The minimum absolute atomic E-state index is 0.0845. The van der Waals surface area contributed by atoms with Crippen molar-refractivity contribution in [3.63, 3.8) is 0 Å². The second kappa shape index (κ2) is 8.05. The van der Waals surface area contributed by atoms with E-state index in [1.165, 1.54) is 23.9 Å². The number of carbonyl (C=O) groups is 1. The molecule has 26 heavy (non-hydrogen) atoms. The highest BCUT2D eigenvalue weighted by Crippen LogP contribution is 2.24. The van der Waals surface area contributed by atoms with Crippen LogP contribution in [-0.4, -0.2) is 23.4 Å². The minimum Gasteiger partial charge on any atom is -0.497 e. The Morgan fingerprint density at radius 2 is 1.96 bits per heavy atom. The molecule has 0 bridgehead atoms. The van der Waals surface area contributed by atoms with Crippen LogP contribution in [0.25, 0.3) is 5.70 Å². The van der Waals surface area contributed by atoms with Crippen LogP contribution in [0, 0.1) is 5.82 Å². The van der Waals surface area contributed by atoms with Crippen molar-refractivity contribution in [3.05, 3.63) is 72.1 Å². The maximum absolute atomic E-state index is 13.0. The van der Waals surface area contributed by atoms with E-state index >= 15 is 0 Å². The van der Waals surface area contributed by atoms with E-state index in [2.05, 4.69) is 22.4 Å². The predicted molar refractivity (Wildman–Crippen MR) is 102 cm³/mol. The fourth-order valence-electron chi connectivity index (χ4n) is 2.40. The topological polar surface area (TPSA) is 62.7 Å². The van der Waals surface area contributed by atoms with Crippen molar-refractivity contribution in [1.82, 2.24) is 10.7 Å². The number of hydrazone groups is 1. The summed E-state index contributed by atoms with van der Waals surface area (Å²) in [6.45, 7) is 3.86. The average molecular weight is 371 g/mol. The second-order valence-corrected chi connectivity index (χ2v) is 6.85. The van der Waals surface area contributed by atoms with Crippen molar-refractivity contribution in [2.75, 3.05) is 7.11 Å². The van der Waals surface area contributed by atoms with Crippen molar-refractivity contribution in [2.24, 2.45) is 5.10 Å². The summed E-state index contributed by atoms with van der Waals surface area (Å²) < 4.78 is 18.1. The molecule has 2 N–H and O–H groups in total. The van der Waals surface area contributed by atoms with E-state index < -0.39 is 0 Å². The number of ether oxygens (including phenoxy) is 1. The van der Waals surface area contributed by atoms with Gasteiger partial charge in [-0.05, 0) is 53.9 Å². The highest BCUT2D eigenvalue weighted by atomic mass is 32.2. The van der Waals surface area contributed by atoms with Crippen LogP contribution in [0.2, 0.25) is 0 Å². The van der Waals surface area contributed by atoms with E-state index in [1.807, 2.05) is 24.3 Å². The van der Waals surface area contributed by atoms with Gasteiger partial charge in [-0.1, -0.05) is 30.5 Å². The third-order valence-corrected chi connectivity index (χ3v) is 4.92. The molecular formula is C19H18FN3O2S. The van der Waals surface area contributed by atoms with E-state index in [0.29, 0.717) is 17.3 Å². The fourth-order valence-corrected chi connectivity index (χ4v) is 3.37. The maximum atomic E-state index is 13.0. The quantitative estimate of drug-likeness (QED) is 0.766. The first kappa shape index (κ1) is 18.0. The number of rotatable bonds is 6. The summed E-state index contributed by atoms with van der Waals surface area (Å²) in [5, 5.41) is 7.16. The summed E-state index contributed by atoms with van der Waals surface area (Å²) in [6, 6.07) is 13.5. The molecule has 2 aromatic carbocycles. The number of thioether (sulfide) groups is 1. The van der Waals surface area contributed by atoms with Crippen LogP contribution in [-0.2, 0) is 11.2 Å². The lowest BCUT2D eigenvalue weighted by Crippen LogP contribution is -2.26. The van der Waals surface area contributed by atoms with Crippen LogP contribution in [0.15, 0.2) is 60.2 Å². The molecule has 1 amide bonds. The monoisotopic (exact) mass is 371 g/mol. The normalized spacial score (nSPS) is 17.8. The first-order valence-electron chi connectivity index (χ1n) is 7.94. The highest BCUT2D eigenvalue weighted by Gasteiger charge is 2.30. The summed E-state index contributed by atoms with van der Waals surface area (Å²) in [4.78, 5) is 12.1. The van der Waals surface area contributed by atoms with Gasteiger partial charge in [-0.15, -0.1) is 5.10 Å². The second-order valence-electron chi connectivity index (χ2n) is 5.66. The van der Waals surface area contributed by atoms with E-state index in [1.54, 1.807) is 19.2 Å². The number of amidine groups is 1. The number of benzene rings is 2. The maximum Gasteiger partial charge on any atom is 0.239 e. The highest BCUT2D eigenvalue weighted by molar-refractivity contribution is 8.15. The summed E-state index contributed by atoms with van der Waals surface area (Å²) in [5.41, 5.74) is 5.09. The van der Waals surface area contributed by atoms with Gasteiger partial charge in [0.2, 0.25) is 5.91 Å². The van der Waals surface area contributed by atoms with Crippen LogP contribution >= 0.6 is 11.8 Å². The molecule has 0 aromatic heterocycles. The van der Waals surface area contributed by atoms with Crippen molar-refractivity contribution >= 4 is 28.5 Å². The Morgan fingerprint density at radius 1 is 1.27 bits per heavy atom. The average Bonchev–Trinajstić information content (AvgIpc) is 3.00. The number of halogens is 1. The molecule has 2 aromatic rings. The Labute approximate surface area is 155 Å². The van der Waals surface area contributed by atoms with Crippen molar-refractivity contribution < 1.29 is 13.9 Å². The Balaban J connectivity index is 1.58. The minimum atomic E-state index is -0.312. The van der Waals surface area contributed by atoms with Crippen LogP contribution in [0.5, 0.6) is 5.75 Å². The number of nitrogens with one attached hydrogen (secondary N) is 2. The van der Waals surface area contributed by atoms with Gasteiger partial charge >= 0.3 is 0 Å². The molecule has 0 radical (unpaired) electrons. The molecule has 1 unspecified atom stereocenters. The molecule has 0 aliphatic carbocycles. The number of amides is 1. The van der Waals surface area contributed by atoms with Crippen molar-refractivity contribution in [3.8, 4) is 5.75 Å². The van der Waals surface area contributed by atoms with Crippen LogP contribution < -0.4 is 15.5 Å². The van der Waals surface area contributed by atoms with Crippen molar-refractivity contribution in [2.45, 2.75) is 11.7 Å². The summed E-state index contributed by atoms with van der Waals surface area (Å²) >= 11 is 1.36. The molecule has 1 heterocycles. The summed E-state index contributed by atoms with van der Waals surface area (Å²) in [7, 11) is 1.62. The van der Waals surface area contributed by atoms with E-state index in [0.717, 1.165) is 16.9 Å². The molecule has 1 atom stereocenters. The van der Waals surface area contributed by atoms with Crippen LogP contribution in [0.3, 0.4) is 0 Å². The molecule has 7 heteroatoms.